The van der Waals surface area contributed by atoms with Crippen molar-refractivity contribution in [3.8, 4) is 0 Å². The molecule has 3 nitrogen and oxygen atoms in total. The summed E-state index contributed by atoms with van der Waals surface area (Å²) in [6, 6.07) is 3.80. The lowest BCUT2D eigenvalue weighted by Crippen LogP contribution is -2.27. The van der Waals surface area contributed by atoms with Gasteiger partial charge in [0.05, 0.1) is 6.10 Å². The number of hydrogen-bond acceptors (Lipinski definition) is 3. The van der Waals surface area contributed by atoms with E-state index in [4.69, 9.17) is 0 Å². The summed E-state index contributed by atoms with van der Waals surface area (Å²) in [6.07, 6.45) is 1.73. The van der Waals surface area contributed by atoms with Crippen LogP contribution >= 0.6 is 0 Å². The molecule has 0 aliphatic heterocycles. The summed E-state index contributed by atoms with van der Waals surface area (Å²) < 4.78 is 27.1. The summed E-state index contributed by atoms with van der Waals surface area (Å²) >= 11 is 0. The highest BCUT2D eigenvalue weighted by atomic mass is 19.1. The number of rotatable bonds is 5. The quantitative estimate of drug-likeness (QED) is 0.883. The number of anilines is 1. The van der Waals surface area contributed by atoms with Crippen molar-refractivity contribution in [2.24, 2.45) is 5.41 Å². The molecule has 0 spiro atoms. The van der Waals surface area contributed by atoms with Crippen LogP contribution in [0.4, 0.5) is 14.5 Å². The zero-order valence-corrected chi connectivity index (χ0v) is 12.5. The van der Waals surface area contributed by atoms with Crippen LogP contribution in [0, 0.1) is 17.0 Å². The monoisotopic (exact) mass is 294 g/mol. The molecule has 2 N–H and O–H groups in total. The molecule has 1 aromatic carbocycles. The average Bonchev–Trinajstić information content (AvgIpc) is 2.35. The zero-order chi connectivity index (χ0) is 15.6. The highest BCUT2D eigenvalue weighted by Gasteiger charge is 2.20. The number of aromatic nitrogens is 1. The topological polar surface area (TPSA) is 45.1 Å². The first-order chi connectivity index (χ1) is 9.78. The van der Waals surface area contributed by atoms with E-state index in [9.17, 15) is 13.9 Å². The van der Waals surface area contributed by atoms with Crippen molar-refractivity contribution in [2.75, 3.05) is 11.9 Å². The standard InChI is InChI=1S/C16H20F2N2O/c1-10(21)8-16(2,3)9-20-14-4-5-19-15-12(14)6-11(17)7-13(15)18/h4-7,10,21H,8-9H2,1-3H3,(H,19,20). The summed E-state index contributed by atoms with van der Waals surface area (Å²) in [5.74, 6) is -1.30. The Morgan fingerprint density at radius 2 is 2.05 bits per heavy atom. The van der Waals surface area contributed by atoms with Crippen LogP contribution in [0.1, 0.15) is 27.2 Å². The lowest BCUT2D eigenvalue weighted by Gasteiger charge is -2.27. The highest BCUT2D eigenvalue weighted by molar-refractivity contribution is 5.91. The molecule has 21 heavy (non-hydrogen) atoms. The fourth-order valence-corrected chi connectivity index (χ4v) is 2.54. The molecule has 0 saturated carbocycles. The third-order valence-corrected chi connectivity index (χ3v) is 3.37. The van der Waals surface area contributed by atoms with Crippen LogP contribution in [0.15, 0.2) is 24.4 Å². The highest BCUT2D eigenvalue weighted by Crippen LogP contribution is 2.28. The smallest absolute Gasteiger partial charge is 0.152 e. The van der Waals surface area contributed by atoms with Gasteiger partial charge in [-0.15, -0.1) is 0 Å². The molecule has 0 radical (unpaired) electrons. The maximum absolute atomic E-state index is 13.7. The van der Waals surface area contributed by atoms with Crippen LogP contribution in [0.5, 0.6) is 0 Å². The van der Waals surface area contributed by atoms with Gasteiger partial charge < -0.3 is 10.4 Å². The molecule has 0 amide bonds. The first-order valence-corrected chi connectivity index (χ1v) is 6.94. The number of nitrogens with one attached hydrogen (secondary N) is 1. The van der Waals surface area contributed by atoms with Gasteiger partial charge in [-0.25, -0.2) is 8.78 Å². The molecule has 0 aliphatic carbocycles. The van der Waals surface area contributed by atoms with Crippen molar-refractivity contribution < 1.29 is 13.9 Å². The van der Waals surface area contributed by atoms with Gasteiger partial charge in [0.1, 0.15) is 11.3 Å². The van der Waals surface area contributed by atoms with Crippen LogP contribution in [-0.4, -0.2) is 22.7 Å². The molecule has 5 heteroatoms. The molecule has 1 atom stereocenters. The van der Waals surface area contributed by atoms with E-state index in [2.05, 4.69) is 10.3 Å². The van der Waals surface area contributed by atoms with E-state index >= 15 is 0 Å². The van der Waals surface area contributed by atoms with Crippen molar-refractivity contribution in [1.82, 2.24) is 4.98 Å². The predicted octanol–water partition coefficient (Wildman–Crippen LogP) is 3.72. The number of nitrogens with zero attached hydrogens (tertiary/aromatic N) is 1. The van der Waals surface area contributed by atoms with Crippen LogP contribution in [0.25, 0.3) is 10.9 Å². The molecule has 1 aromatic heterocycles. The van der Waals surface area contributed by atoms with Crippen molar-refractivity contribution >= 4 is 16.6 Å². The number of benzene rings is 1. The summed E-state index contributed by atoms with van der Waals surface area (Å²) in [6.45, 7) is 6.37. The predicted molar refractivity (Wildman–Crippen MR) is 80.2 cm³/mol. The van der Waals surface area contributed by atoms with E-state index in [0.29, 0.717) is 24.0 Å². The Hall–Kier alpha value is -1.75. The van der Waals surface area contributed by atoms with Crippen molar-refractivity contribution in [1.29, 1.82) is 0 Å². The number of halogens is 2. The Kier molecular flexibility index (Phi) is 4.42. The minimum atomic E-state index is -0.670. The van der Waals surface area contributed by atoms with Gasteiger partial charge in [0, 0.05) is 29.9 Å². The Labute approximate surface area is 123 Å². The maximum atomic E-state index is 13.7. The second-order valence-electron chi connectivity index (χ2n) is 6.21. The molecular formula is C16H20F2N2O. The first-order valence-electron chi connectivity index (χ1n) is 6.94. The fraction of sp³-hybridized carbons (Fsp3) is 0.438. The Bertz CT molecular complexity index is 641. The summed E-state index contributed by atoms with van der Waals surface area (Å²) in [5, 5.41) is 13.1. The molecule has 1 heterocycles. The van der Waals surface area contributed by atoms with Gasteiger partial charge >= 0.3 is 0 Å². The Morgan fingerprint density at radius 1 is 1.33 bits per heavy atom. The van der Waals surface area contributed by atoms with Gasteiger partial charge in [0.25, 0.3) is 0 Å². The molecule has 0 bridgehead atoms. The Morgan fingerprint density at radius 3 is 2.71 bits per heavy atom. The van der Waals surface area contributed by atoms with E-state index in [0.717, 1.165) is 6.07 Å². The first kappa shape index (κ1) is 15.6. The number of hydrogen-bond donors (Lipinski definition) is 2. The van der Waals surface area contributed by atoms with Gasteiger partial charge in [-0.3, -0.25) is 4.98 Å². The average molecular weight is 294 g/mol. The second-order valence-corrected chi connectivity index (χ2v) is 6.21. The maximum Gasteiger partial charge on any atom is 0.152 e. The Balaban J connectivity index is 2.27. The van der Waals surface area contributed by atoms with E-state index in [-0.39, 0.29) is 10.9 Å². The van der Waals surface area contributed by atoms with E-state index < -0.39 is 17.7 Å². The lowest BCUT2D eigenvalue weighted by atomic mass is 9.87. The summed E-state index contributed by atoms with van der Waals surface area (Å²) in [7, 11) is 0. The SMILES string of the molecule is CC(O)CC(C)(C)CNc1ccnc2c(F)cc(F)cc12. The lowest BCUT2D eigenvalue weighted by molar-refractivity contribution is 0.135. The van der Waals surface area contributed by atoms with Crippen molar-refractivity contribution in [3.05, 3.63) is 36.0 Å². The molecule has 1 unspecified atom stereocenters. The zero-order valence-electron chi connectivity index (χ0n) is 12.5. The molecular weight excluding hydrogens is 274 g/mol. The van der Waals surface area contributed by atoms with Crippen LogP contribution in [-0.2, 0) is 0 Å². The molecule has 2 rings (SSSR count). The second kappa shape index (κ2) is 5.93. The van der Waals surface area contributed by atoms with E-state index in [1.54, 1.807) is 13.0 Å². The van der Waals surface area contributed by atoms with Crippen LogP contribution in [0.3, 0.4) is 0 Å². The third kappa shape index (κ3) is 3.88. The summed E-state index contributed by atoms with van der Waals surface area (Å²) in [4.78, 5) is 3.95. The molecule has 0 aliphatic rings. The fourth-order valence-electron chi connectivity index (χ4n) is 2.54. The number of aliphatic hydroxyl groups excluding tert-OH is 1. The van der Waals surface area contributed by atoms with Crippen molar-refractivity contribution in [3.63, 3.8) is 0 Å². The molecule has 2 aromatic rings. The molecule has 0 fully saturated rings. The van der Waals surface area contributed by atoms with Gasteiger partial charge in [0.15, 0.2) is 5.82 Å². The van der Waals surface area contributed by atoms with Gasteiger partial charge in [-0.05, 0) is 30.9 Å². The molecule has 114 valence electrons. The van der Waals surface area contributed by atoms with Crippen LogP contribution in [0.2, 0.25) is 0 Å². The van der Waals surface area contributed by atoms with Gasteiger partial charge in [-0.1, -0.05) is 13.8 Å². The minimum Gasteiger partial charge on any atom is -0.393 e. The van der Waals surface area contributed by atoms with Crippen LogP contribution < -0.4 is 5.32 Å². The van der Waals surface area contributed by atoms with E-state index in [1.807, 2.05) is 13.8 Å². The van der Waals surface area contributed by atoms with Crippen molar-refractivity contribution in [2.45, 2.75) is 33.3 Å². The normalized spacial score (nSPS) is 13.4. The minimum absolute atomic E-state index is 0.143. The number of aliphatic hydroxyl groups is 1. The van der Waals surface area contributed by atoms with Gasteiger partial charge in [-0.2, -0.15) is 0 Å². The van der Waals surface area contributed by atoms with Gasteiger partial charge in [0.2, 0.25) is 0 Å². The third-order valence-electron chi connectivity index (χ3n) is 3.37. The number of fused-ring (bicyclic) bond motifs is 1. The van der Waals surface area contributed by atoms with E-state index in [1.165, 1.54) is 12.3 Å². The summed E-state index contributed by atoms with van der Waals surface area (Å²) in [5.41, 5.74) is 0.641. The largest absolute Gasteiger partial charge is 0.393 e. The number of pyridine rings is 1. The molecule has 0 saturated heterocycles.